The van der Waals surface area contributed by atoms with Gasteiger partial charge in [-0.2, -0.15) is 0 Å². The van der Waals surface area contributed by atoms with Crippen LogP contribution >= 0.6 is 0 Å². The Morgan fingerprint density at radius 3 is 0.216 bits per heavy atom. The molecule has 0 heterocycles. The van der Waals surface area contributed by atoms with Crippen molar-refractivity contribution in [2.45, 2.75) is 486 Å². The Labute approximate surface area is 561 Å². The molecule has 0 aliphatic heterocycles. The van der Waals surface area contributed by atoms with Gasteiger partial charge >= 0.3 is 0 Å². The fourth-order valence-electron chi connectivity index (χ4n) is 15.8. The van der Waals surface area contributed by atoms with Gasteiger partial charge < -0.3 is 0 Å². The Morgan fingerprint density at radius 1 is 0.102 bits per heavy atom. The number of hydrogen-bond donors (Lipinski definition) is 0. The van der Waals surface area contributed by atoms with E-state index in [4.69, 9.17) is 0 Å². The molecule has 0 N–H and O–H groups in total. The molecule has 14 aliphatic rings. The van der Waals surface area contributed by atoms with E-state index in [1.807, 2.05) is 0 Å². The van der Waals surface area contributed by atoms with E-state index in [2.05, 4.69) is 145 Å². The van der Waals surface area contributed by atoms with Gasteiger partial charge in [0.2, 0.25) is 0 Å². The van der Waals surface area contributed by atoms with E-state index in [-0.39, 0.29) is 0 Å². The Bertz CT molecular complexity index is 1230. The van der Waals surface area contributed by atoms with Gasteiger partial charge in [0.05, 0.1) is 0 Å². The van der Waals surface area contributed by atoms with Gasteiger partial charge in [-0.25, -0.2) is 0 Å². The molecule has 14 aliphatic carbocycles. The highest BCUT2D eigenvalue weighted by Gasteiger charge is 2.45. The Hall–Kier alpha value is 0. The van der Waals surface area contributed by atoms with Crippen LogP contribution in [0.15, 0.2) is 0 Å². The summed E-state index contributed by atoms with van der Waals surface area (Å²) in [4.78, 5) is 0. The van der Waals surface area contributed by atoms with Crippen molar-refractivity contribution in [3.63, 3.8) is 0 Å². The topological polar surface area (TPSA) is 0 Å². The number of hydrogen-bond acceptors (Lipinski definition) is 0. The van der Waals surface area contributed by atoms with Gasteiger partial charge in [0.25, 0.3) is 0 Å². The van der Waals surface area contributed by atoms with Crippen LogP contribution in [0, 0.1) is 79.3 Å². The third-order valence-corrected chi connectivity index (χ3v) is 21.9. The molecule has 0 bridgehead atoms. The lowest BCUT2D eigenvalue weighted by atomic mass is 9.61. The molecule has 0 aromatic rings. The minimum atomic E-state index is 0.833. The van der Waals surface area contributed by atoms with Crippen molar-refractivity contribution < 1.29 is 0 Å². The second-order valence-electron chi connectivity index (χ2n) is 38.5. The third-order valence-electron chi connectivity index (χ3n) is 21.9. The first-order valence-corrected chi connectivity index (χ1v) is 41.5. The highest BCUT2D eigenvalue weighted by molar-refractivity contribution is 4.97. The van der Waals surface area contributed by atoms with Crippen molar-refractivity contribution in [3.05, 3.63) is 0 Å². The summed E-state index contributed by atoms with van der Waals surface area (Å²) in [6.07, 6.45) is 81.9. The first-order chi connectivity index (χ1) is 41.5. The molecule has 528 valence electrons. The van der Waals surface area contributed by atoms with Crippen molar-refractivity contribution in [2.75, 3.05) is 0 Å². The smallest absolute Gasteiger partial charge is 0.0297 e. The minimum Gasteiger partial charge on any atom is -0.0630 e. The lowest BCUT2D eigenvalue weighted by Crippen LogP contribution is -2.31. The highest BCUT2D eigenvalue weighted by Crippen LogP contribution is 2.58. The Balaban J connectivity index is 0.000000481. The number of rotatable bonds is 0. The standard InChI is InChI=1S/4C9H16.3C8H14.7C4H10/c4*1-2-5-9(6-3-1)7-4-8-9;3*1-2-4-8(5-3-1)6-7-8;7*1-4(2)3/h4*1-8H2;3*1-7H2;7*4H,1-3H3. The zero-order valence-corrected chi connectivity index (χ0v) is 66.0. The molecular formula is C88H176. The maximum Gasteiger partial charge on any atom is -0.0297 e. The van der Waals surface area contributed by atoms with Crippen LogP contribution in [-0.4, -0.2) is 0 Å². The zero-order chi connectivity index (χ0) is 66.0. The van der Waals surface area contributed by atoms with Crippen molar-refractivity contribution in [3.8, 4) is 0 Å². The van der Waals surface area contributed by atoms with E-state index < -0.39 is 0 Å². The third kappa shape index (κ3) is 45.4. The summed E-state index contributed by atoms with van der Waals surface area (Å²) >= 11 is 0. The monoisotopic (exact) mass is 1230 g/mol. The van der Waals surface area contributed by atoms with Crippen LogP contribution in [0.5, 0.6) is 0 Å². The van der Waals surface area contributed by atoms with E-state index in [1.54, 1.807) is 180 Å². The van der Waals surface area contributed by atoms with Gasteiger partial charge in [0.15, 0.2) is 0 Å². The normalized spacial score (nSPS) is 25.0. The van der Waals surface area contributed by atoms with E-state index in [0.717, 1.165) is 79.3 Å². The predicted molar refractivity (Wildman–Crippen MR) is 405 cm³/mol. The van der Waals surface area contributed by atoms with Gasteiger partial charge in [-0.1, -0.05) is 306 Å². The second kappa shape index (κ2) is 47.8. The Kier molecular flexibility index (Phi) is 46.7. The van der Waals surface area contributed by atoms with Crippen molar-refractivity contribution in [2.24, 2.45) is 79.3 Å². The van der Waals surface area contributed by atoms with E-state index in [9.17, 15) is 0 Å². The molecule has 0 aromatic heterocycles. The fraction of sp³-hybridized carbons (Fsp3) is 1.00. The van der Waals surface area contributed by atoms with E-state index in [0.29, 0.717) is 0 Å². The summed E-state index contributed by atoms with van der Waals surface area (Å²) in [7, 11) is 0. The molecule has 0 saturated heterocycles. The van der Waals surface area contributed by atoms with Crippen LogP contribution in [-0.2, 0) is 0 Å². The molecule has 0 radical (unpaired) electrons. The minimum absolute atomic E-state index is 0.833. The van der Waals surface area contributed by atoms with Gasteiger partial charge in [-0.3, -0.25) is 0 Å². The predicted octanol–water partition coefficient (Wildman–Crippen LogP) is 32.3. The molecule has 0 unspecified atom stereocenters. The molecule has 88 heavy (non-hydrogen) atoms. The molecule has 0 amide bonds. The Morgan fingerprint density at radius 2 is 0.170 bits per heavy atom. The van der Waals surface area contributed by atoms with Crippen LogP contribution in [0.4, 0.5) is 0 Å². The van der Waals surface area contributed by atoms with Crippen LogP contribution < -0.4 is 0 Å². The van der Waals surface area contributed by atoms with E-state index in [1.165, 1.54) is 161 Å². The highest BCUT2D eigenvalue weighted by atomic mass is 14.5. The molecule has 14 saturated carbocycles. The van der Waals surface area contributed by atoms with Gasteiger partial charge in [0, 0.05) is 0 Å². The van der Waals surface area contributed by atoms with E-state index >= 15 is 0 Å². The van der Waals surface area contributed by atoms with Crippen LogP contribution in [0.1, 0.15) is 486 Å². The van der Waals surface area contributed by atoms with Crippen LogP contribution in [0.3, 0.4) is 0 Å². The lowest BCUT2D eigenvalue weighted by Gasteiger charge is -2.45. The molecule has 0 nitrogen and oxygen atoms in total. The first-order valence-electron chi connectivity index (χ1n) is 41.5. The summed E-state index contributed by atoms with van der Waals surface area (Å²) in [5.41, 5.74) is 6.39. The summed E-state index contributed by atoms with van der Waals surface area (Å²) in [5.74, 6) is 5.83. The van der Waals surface area contributed by atoms with Gasteiger partial charge in [-0.05, 0) is 259 Å². The maximum absolute atomic E-state index is 2.17. The van der Waals surface area contributed by atoms with Crippen LogP contribution in [0.2, 0.25) is 0 Å². The summed E-state index contributed by atoms with van der Waals surface area (Å²) < 4.78 is 0. The largest absolute Gasteiger partial charge is 0.0630 e. The quantitative estimate of drug-likeness (QED) is 0.227. The average Bonchev–Trinajstić information content (AvgIpc) is 2.31. The first kappa shape index (κ1) is 86.0. The molecule has 14 fully saturated rings. The summed E-state index contributed by atoms with van der Waals surface area (Å²) in [5, 5.41) is 0. The maximum atomic E-state index is 2.17. The average molecular weight is 1230 g/mol. The van der Waals surface area contributed by atoms with Crippen molar-refractivity contribution >= 4 is 0 Å². The van der Waals surface area contributed by atoms with Gasteiger partial charge in [-0.15, -0.1) is 0 Å². The fourth-order valence-corrected chi connectivity index (χ4v) is 15.8. The molecule has 14 rings (SSSR count). The SMILES string of the molecule is C1CCC2(CC1)CC2.C1CCC2(CC1)CC2.C1CCC2(CC1)CC2.C1CCC2(CC1)CCC2.C1CCC2(CC1)CCC2.C1CCC2(CC1)CCC2.C1CCC2(CC1)CCC2.CC(C)C.CC(C)C.CC(C)C.CC(C)C.CC(C)C.CC(C)C.CC(C)C. The molecule has 0 atom stereocenters. The summed E-state index contributed by atoms with van der Waals surface area (Å²) in [6, 6.07) is 0. The summed E-state index contributed by atoms with van der Waals surface area (Å²) in [6.45, 7) is 45.5. The van der Waals surface area contributed by atoms with Crippen LogP contribution in [0.25, 0.3) is 0 Å². The second-order valence-corrected chi connectivity index (χ2v) is 38.5. The molecule has 0 aromatic carbocycles. The van der Waals surface area contributed by atoms with Gasteiger partial charge in [0.1, 0.15) is 0 Å². The molecule has 0 heteroatoms. The lowest BCUT2D eigenvalue weighted by molar-refractivity contribution is 0.0774. The molecular weight excluding hydrogens is 1060 g/mol. The van der Waals surface area contributed by atoms with Crippen molar-refractivity contribution in [1.82, 2.24) is 0 Å². The zero-order valence-electron chi connectivity index (χ0n) is 66.0. The van der Waals surface area contributed by atoms with Crippen molar-refractivity contribution in [1.29, 1.82) is 0 Å². The molecule has 7 spiro atoms.